The van der Waals surface area contributed by atoms with Crippen molar-refractivity contribution in [2.24, 2.45) is 0 Å². The summed E-state index contributed by atoms with van der Waals surface area (Å²) in [6, 6.07) is 30.0. The lowest BCUT2D eigenvalue weighted by atomic mass is 9.84. The van der Waals surface area contributed by atoms with E-state index in [-0.39, 0.29) is 12.5 Å². The Morgan fingerprint density at radius 3 is 1.61 bits per heavy atom. The fraction of sp³-hybridized carbons (Fsp3) is 0.231. The number of carbonyl (C=O) groups excluding carboxylic acids is 2. The highest BCUT2D eigenvalue weighted by Gasteiger charge is 2.38. The minimum absolute atomic E-state index is 0.261. The van der Waals surface area contributed by atoms with Gasteiger partial charge < -0.3 is 10.1 Å². The summed E-state index contributed by atoms with van der Waals surface area (Å²) in [6.45, 7) is 3.44. The van der Waals surface area contributed by atoms with E-state index in [1.54, 1.807) is 18.7 Å². The molecule has 1 amide bonds. The first-order valence-electron chi connectivity index (χ1n) is 10.3. The topological polar surface area (TPSA) is 55.4 Å². The van der Waals surface area contributed by atoms with Gasteiger partial charge in [0.25, 0.3) is 0 Å². The van der Waals surface area contributed by atoms with Gasteiger partial charge in [-0.05, 0) is 23.6 Å². The van der Waals surface area contributed by atoms with Crippen molar-refractivity contribution < 1.29 is 14.3 Å². The predicted octanol–water partition coefficient (Wildman–Crippen LogP) is 4.78. The van der Waals surface area contributed by atoms with Crippen molar-refractivity contribution in [1.29, 1.82) is 0 Å². The summed E-state index contributed by atoms with van der Waals surface area (Å²) in [6.07, 6.45) is 0. The minimum atomic E-state index is -0.738. The number of amides is 1. The number of thioether (sulfide) groups is 1. The van der Waals surface area contributed by atoms with Crippen LogP contribution in [0.1, 0.15) is 30.5 Å². The lowest BCUT2D eigenvalue weighted by molar-refractivity contribution is -0.146. The van der Waals surface area contributed by atoms with Crippen LogP contribution in [0.25, 0.3) is 0 Å². The highest BCUT2D eigenvalue weighted by atomic mass is 32.2. The first-order valence-corrected chi connectivity index (χ1v) is 11.3. The van der Waals surface area contributed by atoms with Crippen LogP contribution in [0.4, 0.5) is 0 Å². The maximum absolute atomic E-state index is 12.6. The number of hydrogen-bond acceptors (Lipinski definition) is 4. The van der Waals surface area contributed by atoms with Gasteiger partial charge in [0.15, 0.2) is 0 Å². The molecule has 3 aromatic rings. The van der Waals surface area contributed by atoms with Crippen LogP contribution in [-0.4, -0.2) is 30.3 Å². The molecule has 0 aliphatic rings. The zero-order chi connectivity index (χ0) is 22.1. The fourth-order valence-corrected chi connectivity index (χ4v) is 5.18. The molecule has 0 bridgehead atoms. The van der Waals surface area contributed by atoms with Gasteiger partial charge in [-0.2, -0.15) is 0 Å². The zero-order valence-corrected chi connectivity index (χ0v) is 18.6. The SMILES string of the molecule is CCOC(=O)[C@H](CSC(c1ccccc1)(c1ccccc1)c1ccccc1)NC(C)=O. The molecule has 0 aliphatic heterocycles. The van der Waals surface area contributed by atoms with Crippen LogP contribution in [0.5, 0.6) is 0 Å². The Morgan fingerprint density at radius 2 is 1.26 bits per heavy atom. The van der Waals surface area contributed by atoms with Crippen molar-refractivity contribution in [2.45, 2.75) is 24.6 Å². The number of esters is 1. The average molecular weight is 434 g/mol. The van der Waals surface area contributed by atoms with E-state index in [2.05, 4.69) is 41.7 Å². The first kappa shape index (κ1) is 22.6. The second-order valence-corrected chi connectivity index (χ2v) is 8.33. The Morgan fingerprint density at radius 1 is 0.839 bits per heavy atom. The van der Waals surface area contributed by atoms with Gasteiger partial charge >= 0.3 is 5.97 Å². The van der Waals surface area contributed by atoms with E-state index in [9.17, 15) is 9.59 Å². The van der Waals surface area contributed by atoms with E-state index >= 15 is 0 Å². The minimum Gasteiger partial charge on any atom is -0.464 e. The summed E-state index contributed by atoms with van der Waals surface area (Å²) in [5.41, 5.74) is 3.30. The van der Waals surface area contributed by atoms with Gasteiger partial charge in [0.1, 0.15) is 6.04 Å². The molecule has 0 unspecified atom stereocenters. The van der Waals surface area contributed by atoms with E-state index in [4.69, 9.17) is 4.74 Å². The number of ether oxygens (including phenoxy) is 1. The van der Waals surface area contributed by atoms with Crippen LogP contribution in [0, 0.1) is 0 Å². The van der Waals surface area contributed by atoms with Crippen LogP contribution in [0.3, 0.4) is 0 Å². The molecule has 0 radical (unpaired) electrons. The van der Waals surface area contributed by atoms with Crippen LogP contribution in [-0.2, 0) is 19.1 Å². The molecule has 31 heavy (non-hydrogen) atoms. The molecule has 3 aromatic carbocycles. The molecule has 5 heteroatoms. The average Bonchev–Trinajstić information content (AvgIpc) is 2.81. The third kappa shape index (κ3) is 5.36. The normalized spacial score (nSPS) is 12.1. The molecule has 0 spiro atoms. The third-order valence-electron chi connectivity index (χ3n) is 4.96. The summed E-state index contributed by atoms with van der Waals surface area (Å²) >= 11 is 1.62. The third-order valence-corrected chi connectivity index (χ3v) is 6.60. The van der Waals surface area contributed by atoms with Crippen molar-refractivity contribution in [2.75, 3.05) is 12.4 Å². The number of rotatable bonds is 9. The molecule has 0 saturated heterocycles. The van der Waals surface area contributed by atoms with Crippen molar-refractivity contribution >= 4 is 23.6 Å². The van der Waals surface area contributed by atoms with Gasteiger partial charge in [0, 0.05) is 12.7 Å². The van der Waals surface area contributed by atoms with Crippen molar-refractivity contribution in [3.63, 3.8) is 0 Å². The Labute approximate surface area is 188 Å². The Kier molecular flexibility index (Phi) is 7.90. The van der Waals surface area contributed by atoms with E-state index in [0.29, 0.717) is 5.75 Å². The molecular weight excluding hydrogens is 406 g/mol. The van der Waals surface area contributed by atoms with E-state index < -0.39 is 16.8 Å². The van der Waals surface area contributed by atoms with Crippen molar-refractivity contribution in [3.05, 3.63) is 108 Å². The molecule has 1 atom stereocenters. The monoisotopic (exact) mass is 433 g/mol. The van der Waals surface area contributed by atoms with Crippen LogP contribution >= 0.6 is 11.8 Å². The highest BCUT2D eigenvalue weighted by Crippen LogP contribution is 2.48. The second kappa shape index (κ2) is 10.8. The van der Waals surface area contributed by atoms with Gasteiger partial charge in [-0.3, -0.25) is 4.79 Å². The highest BCUT2D eigenvalue weighted by molar-refractivity contribution is 8.00. The number of carbonyl (C=O) groups is 2. The molecule has 160 valence electrons. The smallest absolute Gasteiger partial charge is 0.329 e. The number of hydrogen-bond donors (Lipinski definition) is 1. The Balaban J connectivity index is 2.11. The summed E-state index contributed by atoms with van der Waals surface area (Å²) in [7, 11) is 0. The zero-order valence-electron chi connectivity index (χ0n) is 17.8. The van der Waals surface area contributed by atoms with Gasteiger partial charge in [-0.15, -0.1) is 11.8 Å². The van der Waals surface area contributed by atoms with E-state index in [0.717, 1.165) is 16.7 Å². The molecule has 0 aliphatic carbocycles. The second-order valence-electron chi connectivity index (χ2n) is 7.10. The quantitative estimate of drug-likeness (QED) is 0.390. The van der Waals surface area contributed by atoms with Gasteiger partial charge in [0.2, 0.25) is 5.91 Å². The molecule has 0 aromatic heterocycles. The van der Waals surface area contributed by atoms with Crippen LogP contribution < -0.4 is 5.32 Å². The summed E-state index contributed by atoms with van der Waals surface area (Å²) in [5.74, 6) is -0.325. The molecule has 0 saturated carbocycles. The summed E-state index contributed by atoms with van der Waals surface area (Å²) < 4.78 is 4.66. The van der Waals surface area contributed by atoms with Gasteiger partial charge in [-0.25, -0.2) is 4.79 Å². The predicted molar refractivity (Wildman–Crippen MR) is 126 cm³/mol. The molecule has 4 nitrogen and oxygen atoms in total. The number of benzene rings is 3. The molecule has 3 rings (SSSR count). The van der Waals surface area contributed by atoms with Crippen molar-refractivity contribution in [3.8, 4) is 0 Å². The fourth-order valence-electron chi connectivity index (χ4n) is 3.63. The maximum Gasteiger partial charge on any atom is 0.329 e. The summed E-state index contributed by atoms with van der Waals surface area (Å²) in [5, 5.41) is 2.76. The van der Waals surface area contributed by atoms with Crippen LogP contribution in [0.15, 0.2) is 91.0 Å². The Bertz CT molecular complexity index is 881. The van der Waals surface area contributed by atoms with Crippen LogP contribution in [0.2, 0.25) is 0 Å². The van der Waals surface area contributed by atoms with Gasteiger partial charge in [-0.1, -0.05) is 91.0 Å². The Hall–Kier alpha value is -3.05. The molecule has 1 N–H and O–H groups in total. The molecule has 0 fully saturated rings. The van der Waals surface area contributed by atoms with E-state index in [1.807, 2.05) is 54.6 Å². The largest absolute Gasteiger partial charge is 0.464 e. The van der Waals surface area contributed by atoms with Gasteiger partial charge in [0.05, 0.1) is 11.4 Å². The lowest BCUT2D eigenvalue weighted by Gasteiger charge is -2.36. The molecular formula is C26H27NO3S. The first-order chi connectivity index (χ1) is 15.1. The van der Waals surface area contributed by atoms with E-state index in [1.165, 1.54) is 6.92 Å². The van der Waals surface area contributed by atoms with Crippen molar-refractivity contribution in [1.82, 2.24) is 5.32 Å². The lowest BCUT2D eigenvalue weighted by Crippen LogP contribution is -2.43. The molecule has 0 heterocycles. The summed E-state index contributed by atoms with van der Waals surface area (Å²) in [4.78, 5) is 24.3. The maximum atomic E-state index is 12.6. The number of nitrogens with one attached hydrogen (secondary N) is 1. The standard InChI is InChI=1S/C26H27NO3S/c1-3-30-25(29)24(27-20(2)28)19-31-26(21-13-7-4-8-14-21,22-15-9-5-10-16-22)23-17-11-6-12-18-23/h4-18,24H,3,19H2,1-2H3,(H,27,28)/t24-/m0/s1.